The van der Waals surface area contributed by atoms with E-state index in [9.17, 15) is 13.2 Å². The summed E-state index contributed by atoms with van der Waals surface area (Å²) in [7, 11) is -2.35. The molecular formula is C19H26ClN3O4S. The first-order valence-electron chi connectivity index (χ1n) is 8.62. The average Bonchev–Trinajstić information content (AvgIpc) is 2.66. The summed E-state index contributed by atoms with van der Waals surface area (Å²) in [6.07, 6.45) is 0. The third-order valence-corrected chi connectivity index (χ3v) is 5.83. The Kier molecular flexibility index (Phi) is 8.74. The minimum atomic E-state index is -3.82. The molecule has 0 saturated carbocycles. The van der Waals surface area contributed by atoms with Crippen LogP contribution < -0.4 is 20.1 Å². The van der Waals surface area contributed by atoms with Gasteiger partial charge in [0.1, 0.15) is 5.75 Å². The van der Waals surface area contributed by atoms with Crippen LogP contribution in [0.25, 0.3) is 0 Å². The second-order valence-electron chi connectivity index (χ2n) is 5.92. The van der Waals surface area contributed by atoms with Crippen LogP contribution in [0.4, 0.5) is 5.69 Å². The molecule has 0 fully saturated rings. The average molecular weight is 428 g/mol. The van der Waals surface area contributed by atoms with Crippen molar-refractivity contribution in [2.75, 3.05) is 31.0 Å². The van der Waals surface area contributed by atoms with Gasteiger partial charge in [-0.05, 0) is 55.8 Å². The van der Waals surface area contributed by atoms with Gasteiger partial charge in [-0.25, -0.2) is 8.42 Å². The lowest BCUT2D eigenvalue weighted by atomic mass is 10.1. The third kappa shape index (κ3) is 5.37. The molecule has 1 amide bonds. The standard InChI is InChI=1S/C19H25N3O4S.ClH/c1-4-26-16-8-6-15(7-9-16)22(3)27(24,25)17-10-5-14(2)18(13-17)19(23)21-12-11-20;/h5-10,13H,4,11-12,20H2,1-3H3,(H,21,23);1H. The summed E-state index contributed by atoms with van der Waals surface area (Å²) in [6.45, 7) is 4.80. The number of hydrogen-bond acceptors (Lipinski definition) is 5. The summed E-state index contributed by atoms with van der Waals surface area (Å²) < 4.78 is 32.5. The molecule has 154 valence electrons. The molecule has 0 aliphatic carbocycles. The van der Waals surface area contributed by atoms with Gasteiger partial charge < -0.3 is 15.8 Å². The molecule has 7 nitrogen and oxygen atoms in total. The number of amides is 1. The van der Waals surface area contributed by atoms with E-state index in [0.29, 0.717) is 42.3 Å². The molecular weight excluding hydrogens is 402 g/mol. The monoisotopic (exact) mass is 427 g/mol. The number of rotatable bonds is 8. The maximum atomic E-state index is 13.0. The molecule has 0 spiro atoms. The maximum absolute atomic E-state index is 13.0. The third-order valence-electron chi connectivity index (χ3n) is 4.05. The summed E-state index contributed by atoms with van der Waals surface area (Å²) >= 11 is 0. The smallest absolute Gasteiger partial charge is 0.264 e. The van der Waals surface area contributed by atoms with E-state index in [1.54, 1.807) is 37.3 Å². The molecule has 9 heteroatoms. The minimum Gasteiger partial charge on any atom is -0.494 e. The van der Waals surface area contributed by atoms with E-state index in [4.69, 9.17) is 10.5 Å². The molecule has 2 aromatic rings. The first-order chi connectivity index (χ1) is 12.8. The molecule has 3 N–H and O–H groups in total. The zero-order chi connectivity index (χ0) is 20.0. The number of nitrogens with zero attached hydrogens (tertiary/aromatic N) is 1. The van der Waals surface area contributed by atoms with Crippen molar-refractivity contribution in [3.63, 3.8) is 0 Å². The molecule has 0 atom stereocenters. The number of nitrogens with two attached hydrogens (primary N) is 1. The number of aryl methyl sites for hydroxylation is 1. The van der Waals surface area contributed by atoms with Gasteiger partial charge in [-0.2, -0.15) is 0 Å². The van der Waals surface area contributed by atoms with Crippen LogP contribution in [0.3, 0.4) is 0 Å². The number of anilines is 1. The second-order valence-corrected chi connectivity index (χ2v) is 7.89. The predicted molar refractivity (Wildman–Crippen MR) is 113 cm³/mol. The number of nitrogens with one attached hydrogen (secondary N) is 1. The molecule has 0 aliphatic heterocycles. The normalized spacial score (nSPS) is 10.7. The van der Waals surface area contributed by atoms with E-state index in [0.717, 1.165) is 0 Å². The summed E-state index contributed by atoms with van der Waals surface area (Å²) in [5.41, 5.74) is 6.89. The highest BCUT2D eigenvalue weighted by Crippen LogP contribution is 2.25. The lowest BCUT2D eigenvalue weighted by Gasteiger charge is -2.20. The molecule has 0 aromatic heterocycles. The van der Waals surface area contributed by atoms with Crippen LogP contribution in [0, 0.1) is 6.92 Å². The summed E-state index contributed by atoms with van der Waals surface area (Å²) in [6, 6.07) is 11.3. The van der Waals surface area contributed by atoms with Crippen molar-refractivity contribution in [3.8, 4) is 5.75 Å². The second kappa shape index (κ2) is 10.3. The number of carbonyl (C=O) groups is 1. The van der Waals surface area contributed by atoms with E-state index in [2.05, 4.69) is 5.32 Å². The topological polar surface area (TPSA) is 102 Å². The van der Waals surface area contributed by atoms with Crippen LogP contribution in [0.5, 0.6) is 5.75 Å². The molecule has 2 aromatic carbocycles. The summed E-state index contributed by atoms with van der Waals surface area (Å²) in [5.74, 6) is 0.319. The molecule has 0 radical (unpaired) electrons. The van der Waals surface area contributed by atoms with Crippen LogP contribution in [-0.2, 0) is 10.0 Å². The Hall–Kier alpha value is -2.29. The van der Waals surface area contributed by atoms with Gasteiger partial charge in [0.15, 0.2) is 0 Å². The fraction of sp³-hybridized carbons (Fsp3) is 0.316. The fourth-order valence-electron chi connectivity index (χ4n) is 2.50. The van der Waals surface area contributed by atoms with Gasteiger partial charge in [-0.15, -0.1) is 12.4 Å². The molecule has 0 bridgehead atoms. The van der Waals surface area contributed by atoms with Crippen LogP contribution in [0.2, 0.25) is 0 Å². The fourth-order valence-corrected chi connectivity index (χ4v) is 3.73. The zero-order valence-electron chi connectivity index (χ0n) is 16.1. The van der Waals surface area contributed by atoms with Crippen molar-refractivity contribution in [1.82, 2.24) is 5.32 Å². The van der Waals surface area contributed by atoms with Crippen molar-refractivity contribution in [2.24, 2.45) is 5.73 Å². The van der Waals surface area contributed by atoms with Crippen LogP contribution in [0.15, 0.2) is 47.4 Å². The molecule has 0 aliphatic rings. The van der Waals surface area contributed by atoms with E-state index in [-0.39, 0.29) is 23.2 Å². The first-order valence-corrected chi connectivity index (χ1v) is 10.1. The van der Waals surface area contributed by atoms with Gasteiger partial charge in [0.2, 0.25) is 0 Å². The Labute approximate surface area is 172 Å². The quantitative estimate of drug-likeness (QED) is 0.673. The Morgan fingerprint density at radius 1 is 1.18 bits per heavy atom. The molecule has 28 heavy (non-hydrogen) atoms. The lowest BCUT2D eigenvalue weighted by molar-refractivity contribution is 0.0954. The molecule has 0 saturated heterocycles. The molecule has 2 rings (SSSR count). The van der Waals surface area contributed by atoms with Gasteiger partial charge >= 0.3 is 0 Å². The Bertz CT molecular complexity index is 902. The van der Waals surface area contributed by atoms with E-state index < -0.39 is 10.0 Å². The van der Waals surface area contributed by atoms with Crippen LogP contribution in [0.1, 0.15) is 22.8 Å². The van der Waals surface area contributed by atoms with E-state index in [1.165, 1.54) is 23.5 Å². The van der Waals surface area contributed by atoms with Gasteiger partial charge in [0, 0.05) is 25.7 Å². The van der Waals surface area contributed by atoms with E-state index >= 15 is 0 Å². The highest BCUT2D eigenvalue weighted by atomic mass is 35.5. The summed E-state index contributed by atoms with van der Waals surface area (Å²) in [4.78, 5) is 12.3. The van der Waals surface area contributed by atoms with Gasteiger partial charge in [-0.1, -0.05) is 6.07 Å². The summed E-state index contributed by atoms with van der Waals surface area (Å²) in [5, 5.41) is 2.66. The Morgan fingerprint density at radius 3 is 2.39 bits per heavy atom. The number of benzene rings is 2. The largest absolute Gasteiger partial charge is 0.494 e. The number of halogens is 1. The van der Waals surface area contributed by atoms with Crippen molar-refractivity contribution in [1.29, 1.82) is 0 Å². The number of carbonyl (C=O) groups excluding carboxylic acids is 1. The molecule has 0 heterocycles. The first kappa shape index (κ1) is 23.7. The predicted octanol–water partition coefficient (Wildman–Crippen LogP) is 2.33. The van der Waals surface area contributed by atoms with Gasteiger partial charge in [0.25, 0.3) is 15.9 Å². The highest BCUT2D eigenvalue weighted by Gasteiger charge is 2.23. The maximum Gasteiger partial charge on any atom is 0.264 e. The van der Waals surface area contributed by atoms with Gasteiger partial charge in [-0.3, -0.25) is 9.10 Å². The highest BCUT2D eigenvalue weighted by molar-refractivity contribution is 7.92. The van der Waals surface area contributed by atoms with Crippen molar-refractivity contribution in [3.05, 3.63) is 53.6 Å². The minimum absolute atomic E-state index is 0. The molecule has 0 unspecified atom stereocenters. The Balaban J connectivity index is 0.00000392. The van der Waals surface area contributed by atoms with Gasteiger partial charge in [0.05, 0.1) is 17.2 Å². The number of ether oxygens (including phenoxy) is 1. The number of hydrogen-bond donors (Lipinski definition) is 2. The zero-order valence-corrected chi connectivity index (χ0v) is 17.8. The number of sulfonamides is 1. The van der Waals surface area contributed by atoms with Crippen LogP contribution >= 0.6 is 12.4 Å². The van der Waals surface area contributed by atoms with Crippen molar-refractivity contribution in [2.45, 2.75) is 18.7 Å². The van der Waals surface area contributed by atoms with Crippen molar-refractivity contribution >= 4 is 34.0 Å². The Morgan fingerprint density at radius 2 is 1.82 bits per heavy atom. The van der Waals surface area contributed by atoms with Crippen molar-refractivity contribution < 1.29 is 17.9 Å². The SMILES string of the molecule is CCOc1ccc(N(C)S(=O)(=O)c2ccc(C)c(C(=O)NCCN)c2)cc1.Cl. The van der Waals surface area contributed by atoms with E-state index in [1.807, 2.05) is 6.92 Å². The van der Waals surface area contributed by atoms with Crippen LogP contribution in [-0.4, -0.2) is 41.1 Å². The lowest BCUT2D eigenvalue weighted by Crippen LogP contribution is -2.30.